The number of nitrogens with one attached hydrogen (secondary N) is 1. The van der Waals surface area contributed by atoms with Gasteiger partial charge in [0, 0.05) is 25.0 Å². The van der Waals surface area contributed by atoms with Crippen molar-refractivity contribution in [2.45, 2.75) is 63.2 Å². The summed E-state index contributed by atoms with van der Waals surface area (Å²) in [5.74, 6) is -0.382. The molecule has 1 saturated carbocycles. The van der Waals surface area contributed by atoms with E-state index in [1.807, 2.05) is 18.2 Å². The largest absolute Gasteiger partial charge is 0.465 e. The normalized spacial score (nSPS) is 21.6. The van der Waals surface area contributed by atoms with Crippen molar-refractivity contribution in [3.8, 4) is 0 Å². The molecular formula is C23H31NO6. The van der Waals surface area contributed by atoms with Gasteiger partial charge in [0.2, 0.25) is 6.29 Å². The van der Waals surface area contributed by atoms with Crippen LogP contribution < -0.4 is 5.32 Å². The minimum absolute atomic E-state index is 0.0717. The number of esters is 1. The highest BCUT2D eigenvalue weighted by Crippen LogP contribution is 2.32. The first-order chi connectivity index (χ1) is 14.6. The van der Waals surface area contributed by atoms with Crippen LogP contribution in [0.1, 0.15) is 66.8 Å². The number of hydrogen-bond acceptors (Lipinski definition) is 6. The second-order valence-corrected chi connectivity index (χ2v) is 7.79. The Morgan fingerprint density at radius 1 is 1.17 bits per heavy atom. The summed E-state index contributed by atoms with van der Waals surface area (Å²) in [6, 6.07) is 7.38. The van der Waals surface area contributed by atoms with Crippen molar-refractivity contribution < 1.29 is 28.9 Å². The summed E-state index contributed by atoms with van der Waals surface area (Å²) in [5.41, 5.74) is 1.45. The Bertz CT molecular complexity index is 739. The Kier molecular flexibility index (Phi) is 8.28. The zero-order valence-corrected chi connectivity index (χ0v) is 17.5. The highest BCUT2D eigenvalue weighted by atomic mass is 16.7. The van der Waals surface area contributed by atoms with Crippen LogP contribution in [0.4, 0.5) is 0 Å². The summed E-state index contributed by atoms with van der Waals surface area (Å²) < 4.78 is 16.5. The molecule has 0 unspecified atom stereocenters. The van der Waals surface area contributed by atoms with Gasteiger partial charge < -0.3 is 24.6 Å². The third-order valence-corrected chi connectivity index (χ3v) is 5.59. The minimum Gasteiger partial charge on any atom is -0.465 e. The Morgan fingerprint density at radius 2 is 1.90 bits per heavy atom. The summed E-state index contributed by atoms with van der Waals surface area (Å²) >= 11 is 0. The zero-order chi connectivity index (χ0) is 21.3. The van der Waals surface area contributed by atoms with E-state index >= 15 is 0 Å². The fraction of sp³-hybridized carbons (Fsp3) is 0.565. The van der Waals surface area contributed by atoms with E-state index < -0.39 is 6.29 Å². The number of rotatable bonds is 9. The standard InChI is InChI=1S/C23H31NO6/c1-28-23(27)17-10-8-16(9-11-17)18-14-20(22(26)24-19-6-2-3-7-19)30-21(15-18)29-13-5-4-12-25/h8-11,14,18-19,21,25H,2-7,12-13,15H2,1H3,(H,24,26)/t18-,21+/m1/s1. The number of ether oxygens (including phenoxy) is 3. The van der Waals surface area contributed by atoms with Gasteiger partial charge in [-0.3, -0.25) is 4.79 Å². The number of methoxy groups -OCH3 is 1. The molecule has 164 valence electrons. The Balaban J connectivity index is 1.72. The lowest BCUT2D eigenvalue weighted by molar-refractivity contribution is -0.146. The highest BCUT2D eigenvalue weighted by Gasteiger charge is 2.30. The van der Waals surface area contributed by atoms with E-state index in [-0.39, 0.29) is 36.2 Å². The highest BCUT2D eigenvalue weighted by molar-refractivity contribution is 5.92. The van der Waals surface area contributed by atoms with Crippen LogP contribution in [-0.2, 0) is 19.0 Å². The lowest BCUT2D eigenvalue weighted by Gasteiger charge is -2.30. The SMILES string of the molecule is COC(=O)c1ccc([C@@H]2C=C(C(=O)NC3CCCC3)O[C@H](OCCCCO)C2)cc1. The maximum Gasteiger partial charge on any atom is 0.337 e. The van der Waals surface area contributed by atoms with Crippen LogP contribution in [-0.4, -0.2) is 49.6 Å². The third kappa shape index (κ3) is 6.06. The molecule has 0 saturated heterocycles. The maximum absolute atomic E-state index is 12.8. The molecule has 0 bridgehead atoms. The van der Waals surface area contributed by atoms with Crippen molar-refractivity contribution in [3.05, 3.63) is 47.2 Å². The van der Waals surface area contributed by atoms with Gasteiger partial charge in [0.15, 0.2) is 5.76 Å². The Hall–Kier alpha value is -2.38. The van der Waals surface area contributed by atoms with Gasteiger partial charge in [0.1, 0.15) is 0 Å². The molecule has 3 rings (SSSR count). The molecule has 2 atom stereocenters. The molecule has 0 spiro atoms. The zero-order valence-electron chi connectivity index (χ0n) is 17.5. The van der Waals surface area contributed by atoms with Gasteiger partial charge in [-0.2, -0.15) is 0 Å². The van der Waals surface area contributed by atoms with Gasteiger partial charge in [0.25, 0.3) is 5.91 Å². The van der Waals surface area contributed by atoms with Crippen LogP contribution in [0.15, 0.2) is 36.1 Å². The quantitative estimate of drug-likeness (QED) is 0.474. The number of carbonyl (C=O) groups excluding carboxylic acids is 2. The summed E-state index contributed by atoms with van der Waals surface area (Å²) in [7, 11) is 1.35. The first-order valence-electron chi connectivity index (χ1n) is 10.7. The first kappa shape index (κ1) is 22.3. The van der Waals surface area contributed by atoms with Gasteiger partial charge >= 0.3 is 5.97 Å². The molecule has 1 amide bonds. The van der Waals surface area contributed by atoms with Gasteiger partial charge in [-0.15, -0.1) is 0 Å². The van der Waals surface area contributed by atoms with Crippen molar-refractivity contribution in [2.75, 3.05) is 20.3 Å². The summed E-state index contributed by atoms with van der Waals surface area (Å²) in [4.78, 5) is 24.5. The number of carbonyl (C=O) groups is 2. The monoisotopic (exact) mass is 417 g/mol. The Labute approximate surface area is 177 Å². The lowest BCUT2D eigenvalue weighted by Crippen LogP contribution is -2.37. The molecule has 1 aromatic rings. The number of allylic oxidation sites excluding steroid dienone is 1. The minimum atomic E-state index is -0.539. The molecule has 1 heterocycles. The topological polar surface area (TPSA) is 94.1 Å². The van der Waals surface area contributed by atoms with Crippen molar-refractivity contribution >= 4 is 11.9 Å². The van der Waals surface area contributed by atoms with Crippen molar-refractivity contribution in [1.82, 2.24) is 5.32 Å². The molecule has 0 aromatic heterocycles. The molecule has 2 N–H and O–H groups in total. The lowest BCUT2D eigenvalue weighted by atomic mass is 9.92. The van der Waals surface area contributed by atoms with Crippen LogP contribution in [0.25, 0.3) is 0 Å². The maximum atomic E-state index is 12.8. The van der Waals surface area contributed by atoms with Crippen LogP contribution in [0, 0.1) is 0 Å². The van der Waals surface area contributed by atoms with Crippen LogP contribution in [0.3, 0.4) is 0 Å². The molecular weight excluding hydrogens is 386 g/mol. The number of benzene rings is 1. The van der Waals surface area contributed by atoms with Gasteiger partial charge in [-0.1, -0.05) is 25.0 Å². The number of unbranched alkanes of at least 4 members (excludes halogenated alkanes) is 1. The van der Waals surface area contributed by atoms with E-state index in [0.717, 1.165) is 37.7 Å². The number of aliphatic hydroxyl groups excluding tert-OH is 1. The van der Waals surface area contributed by atoms with Gasteiger partial charge in [-0.05, 0) is 49.5 Å². The molecule has 0 radical (unpaired) electrons. The van der Waals surface area contributed by atoms with E-state index in [9.17, 15) is 9.59 Å². The summed E-state index contributed by atoms with van der Waals surface area (Å²) in [5, 5.41) is 12.0. The summed E-state index contributed by atoms with van der Waals surface area (Å²) in [6.07, 6.45) is 7.52. The third-order valence-electron chi connectivity index (χ3n) is 5.59. The average molecular weight is 418 g/mol. The molecule has 30 heavy (non-hydrogen) atoms. The van der Waals surface area contributed by atoms with Gasteiger partial charge in [0.05, 0.1) is 19.3 Å². The first-order valence-corrected chi connectivity index (χ1v) is 10.7. The molecule has 1 fully saturated rings. The Morgan fingerprint density at radius 3 is 2.57 bits per heavy atom. The van der Waals surface area contributed by atoms with Crippen molar-refractivity contribution in [1.29, 1.82) is 0 Å². The van der Waals surface area contributed by atoms with E-state index in [1.54, 1.807) is 12.1 Å². The smallest absolute Gasteiger partial charge is 0.337 e. The van der Waals surface area contributed by atoms with Crippen LogP contribution >= 0.6 is 0 Å². The molecule has 1 aliphatic heterocycles. The fourth-order valence-electron chi connectivity index (χ4n) is 3.89. The summed E-state index contributed by atoms with van der Waals surface area (Å²) in [6.45, 7) is 0.579. The molecule has 1 aromatic carbocycles. The second kappa shape index (κ2) is 11.1. The molecule has 2 aliphatic rings. The van der Waals surface area contributed by atoms with E-state index in [4.69, 9.17) is 19.3 Å². The van der Waals surface area contributed by atoms with E-state index in [1.165, 1.54) is 7.11 Å². The van der Waals surface area contributed by atoms with Crippen molar-refractivity contribution in [3.63, 3.8) is 0 Å². The predicted molar refractivity (Wildman–Crippen MR) is 111 cm³/mol. The average Bonchev–Trinajstić information content (AvgIpc) is 3.29. The predicted octanol–water partition coefficient (Wildman–Crippen LogP) is 3.04. The van der Waals surface area contributed by atoms with Crippen molar-refractivity contribution in [2.24, 2.45) is 0 Å². The fourth-order valence-corrected chi connectivity index (χ4v) is 3.89. The number of hydrogen-bond donors (Lipinski definition) is 2. The van der Waals surface area contributed by atoms with Crippen LogP contribution in [0.2, 0.25) is 0 Å². The second-order valence-electron chi connectivity index (χ2n) is 7.79. The van der Waals surface area contributed by atoms with Gasteiger partial charge in [-0.25, -0.2) is 4.79 Å². The van der Waals surface area contributed by atoms with E-state index in [2.05, 4.69) is 5.32 Å². The van der Waals surface area contributed by atoms with Crippen LogP contribution in [0.5, 0.6) is 0 Å². The molecule has 7 nitrogen and oxygen atoms in total. The number of aliphatic hydroxyl groups is 1. The van der Waals surface area contributed by atoms with E-state index in [0.29, 0.717) is 25.0 Å². The number of amides is 1. The molecule has 7 heteroatoms. The molecule has 1 aliphatic carbocycles.